The van der Waals surface area contributed by atoms with Crippen LogP contribution in [0.3, 0.4) is 0 Å². The van der Waals surface area contributed by atoms with E-state index in [0.717, 1.165) is 55.5 Å². The molecule has 45 heavy (non-hydrogen) atoms. The summed E-state index contributed by atoms with van der Waals surface area (Å²) in [6, 6.07) is 33.8. The van der Waals surface area contributed by atoms with Gasteiger partial charge in [0.05, 0.1) is 18.2 Å². The van der Waals surface area contributed by atoms with Gasteiger partial charge in [0.25, 0.3) is 0 Å². The first-order valence-electron chi connectivity index (χ1n) is 15.2. The van der Waals surface area contributed by atoms with Gasteiger partial charge in [0, 0.05) is 22.5 Å². The van der Waals surface area contributed by atoms with Gasteiger partial charge in [-0.25, -0.2) is 4.98 Å². The van der Waals surface area contributed by atoms with Crippen LogP contribution in [0.1, 0.15) is 43.0 Å². The second-order valence-electron chi connectivity index (χ2n) is 13.3. The Morgan fingerprint density at radius 3 is 2.16 bits per heavy atom. The molecule has 0 spiro atoms. The zero-order valence-corrected chi connectivity index (χ0v) is 28.6. The van der Waals surface area contributed by atoms with E-state index >= 15 is 0 Å². The molecule has 5 nitrogen and oxygen atoms in total. The molecule has 0 N–H and O–H groups in total. The molecule has 0 amide bonds. The molecule has 226 valence electrons. The van der Waals surface area contributed by atoms with E-state index in [-0.39, 0.29) is 32.5 Å². The molecular weight excluding hydrogens is 736 g/mol. The SMILES string of the molecule is Cc1cc(C2=N[C@H](C(C)(C)C)CO2)[c-]c(-n2c3[c-]c(-n4c5ccc(C)cc5c5cccnc54)ccc3c3cc(C)ccc32)c1.[Pt+2]. The number of fused-ring (bicyclic) bond motifs is 6. The van der Waals surface area contributed by atoms with Gasteiger partial charge < -0.3 is 13.9 Å². The van der Waals surface area contributed by atoms with Crippen molar-refractivity contribution in [2.24, 2.45) is 10.4 Å². The maximum Gasteiger partial charge on any atom is 2.00 e. The summed E-state index contributed by atoms with van der Waals surface area (Å²) < 4.78 is 10.7. The number of hydrogen-bond acceptors (Lipinski definition) is 3. The molecule has 1 aliphatic rings. The summed E-state index contributed by atoms with van der Waals surface area (Å²) in [4.78, 5) is 9.81. The van der Waals surface area contributed by atoms with Crippen molar-refractivity contribution in [3.05, 3.63) is 113 Å². The first-order chi connectivity index (χ1) is 21.2. The summed E-state index contributed by atoms with van der Waals surface area (Å²) in [5.74, 6) is 0.669. The van der Waals surface area contributed by atoms with Crippen molar-refractivity contribution >= 4 is 49.6 Å². The minimum absolute atomic E-state index is 0. The van der Waals surface area contributed by atoms with Gasteiger partial charge in [-0.15, -0.1) is 41.3 Å². The maximum absolute atomic E-state index is 6.15. The molecule has 1 atom stereocenters. The molecule has 0 saturated heterocycles. The number of hydrogen-bond donors (Lipinski definition) is 0. The summed E-state index contributed by atoms with van der Waals surface area (Å²) >= 11 is 0. The fraction of sp³-hybridized carbons (Fsp3) is 0.231. The number of aromatic nitrogens is 3. The van der Waals surface area contributed by atoms with Gasteiger partial charge in [-0.3, -0.25) is 4.99 Å². The smallest absolute Gasteiger partial charge is 0.518 e. The summed E-state index contributed by atoms with van der Waals surface area (Å²) in [6.45, 7) is 13.6. The normalized spacial score (nSPS) is 15.2. The quantitative estimate of drug-likeness (QED) is 0.169. The van der Waals surface area contributed by atoms with Crippen LogP contribution >= 0.6 is 0 Å². The summed E-state index contributed by atoms with van der Waals surface area (Å²) in [5, 5.41) is 4.67. The number of aryl methyl sites for hydroxylation is 3. The predicted molar refractivity (Wildman–Crippen MR) is 181 cm³/mol. The van der Waals surface area contributed by atoms with Crippen LogP contribution in [0.2, 0.25) is 0 Å². The topological polar surface area (TPSA) is 44.3 Å². The van der Waals surface area contributed by atoms with Crippen molar-refractivity contribution in [2.75, 3.05) is 6.61 Å². The third kappa shape index (κ3) is 4.80. The van der Waals surface area contributed by atoms with Crippen molar-refractivity contribution in [3.8, 4) is 11.4 Å². The fourth-order valence-corrected chi connectivity index (χ4v) is 6.53. The van der Waals surface area contributed by atoms with Crippen LogP contribution < -0.4 is 0 Å². The summed E-state index contributed by atoms with van der Waals surface area (Å²) in [7, 11) is 0. The zero-order chi connectivity index (χ0) is 30.3. The Labute approximate surface area is 277 Å². The van der Waals surface area contributed by atoms with Crippen LogP contribution in [0, 0.1) is 38.3 Å². The second kappa shape index (κ2) is 10.7. The average Bonchev–Trinajstić information content (AvgIpc) is 3.70. The van der Waals surface area contributed by atoms with Gasteiger partial charge in [0.15, 0.2) is 0 Å². The average molecular weight is 770 g/mol. The number of benzene rings is 4. The van der Waals surface area contributed by atoms with E-state index in [1.165, 1.54) is 21.9 Å². The maximum atomic E-state index is 6.15. The summed E-state index contributed by atoms with van der Waals surface area (Å²) in [5.41, 5.74) is 10.5. The van der Waals surface area contributed by atoms with E-state index in [0.29, 0.717) is 12.5 Å². The van der Waals surface area contributed by atoms with Gasteiger partial charge in [-0.1, -0.05) is 73.8 Å². The molecule has 3 aromatic heterocycles. The fourth-order valence-electron chi connectivity index (χ4n) is 6.53. The Morgan fingerprint density at radius 2 is 1.44 bits per heavy atom. The Balaban J connectivity index is 0.00000325. The Kier molecular flexibility index (Phi) is 7.02. The van der Waals surface area contributed by atoms with Crippen LogP contribution in [0.25, 0.3) is 55.1 Å². The number of nitrogens with zero attached hydrogens (tertiary/aromatic N) is 4. The molecule has 0 radical (unpaired) electrons. The van der Waals surface area contributed by atoms with Crippen LogP contribution in [0.15, 0.2) is 84.0 Å². The van der Waals surface area contributed by atoms with Gasteiger partial charge in [0.2, 0.25) is 0 Å². The molecule has 8 rings (SSSR count). The minimum atomic E-state index is 0. The predicted octanol–water partition coefficient (Wildman–Crippen LogP) is 8.99. The number of ether oxygens (including phenoxy) is 1. The Morgan fingerprint density at radius 1 is 0.733 bits per heavy atom. The van der Waals surface area contributed by atoms with Gasteiger partial charge >= 0.3 is 21.1 Å². The molecule has 0 aliphatic carbocycles. The van der Waals surface area contributed by atoms with Gasteiger partial charge in [-0.05, 0) is 60.7 Å². The molecule has 1 aliphatic heterocycles. The first-order valence-corrected chi connectivity index (χ1v) is 15.2. The number of aliphatic imine (C=N–C) groups is 1. The molecular formula is C39H34N4OPt. The van der Waals surface area contributed by atoms with E-state index in [9.17, 15) is 0 Å². The minimum Gasteiger partial charge on any atom is -0.518 e. The van der Waals surface area contributed by atoms with Crippen molar-refractivity contribution in [1.29, 1.82) is 0 Å². The van der Waals surface area contributed by atoms with E-state index < -0.39 is 0 Å². The van der Waals surface area contributed by atoms with Crippen molar-refractivity contribution in [2.45, 2.75) is 47.6 Å². The Bertz CT molecular complexity index is 2320. The van der Waals surface area contributed by atoms with E-state index in [2.05, 4.69) is 130 Å². The van der Waals surface area contributed by atoms with Crippen molar-refractivity contribution in [3.63, 3.8) is 0 Å². The van der Waals surface area contributed by atoms with Crippen LogP contribution in [0.5, 0.6) is 0 Å². The molecule has 6 heteroatoms. The molecule has 4 aromatic carbocycles. The van der Waals surface area contributed by atoms with Crippen molar-refractivity contribution < 1.29 is 25.8 Å². The standard InChI is InChI=1S/C39H34N4O.Pt/c1-23-9-13-33-31(18-23)29-12-11-27(43-34-14-10-24(2)19-32(34)30-8-7-15-40-37(30)43)21-35(29)42(33)28-17-25(3)16-26(20-28)38-41-36(22-44-38)39(4,5)6;/h7-19,36H,22H2,1-6H3;/q-2;+2/t36-;/m0./s1. The molecule has 7 aromatic rings. The number of pyridine rings is 1. The Hall–Kier alpha value is -4.21. The van der Waals surface area contributed by atoms with Crippen LogP contribution in [-0.2, 0) is 25.8 Å². The monoisotopic (exact) mass is 769 g/mol. The van der Waals surface area contributed by atoms with Gasteiger partial charge in [0.1, 0.15) is 11.5 Å². The third-order valence-electron chi connectivity index (χ3n) is 8.86. The third-order valence-corrected chi connectivity index (χ3v) is 8.86. The van der Waals surface area contributed by atoms with E-state index in [1.54, 1.807) is 0 Å². The number of rotatable bonds is 3. The second-order valence-corrected chi connectivity index (χ2v) is 13.3. The van der Waals surface area contributed by atoms with Gasteiger partial charge in [-0.2, -0.15) is 6.07 Å². The van der Waals surface area contributed by atoms with Crippen LogP contribution in [0.4, 0.5) is 0 Å². The van der Waals surface area contributed by atoms with Crippen molar-refractivity contribution in [1.82, 2.24) is 14.1 Å². The van der Waals surface area contributed by atoms with E-state index in [4.69, 9.17) is 14.7 Å². The zero-order valence-electron chi connectivity index (χ0n) is 26.3. The van der Waals surface area contributed by atoms with Crippen LogP contribution in [-0.4, -0.2) is 32.7 Å². The molecule has 0 bridgehead atoms. The molecule has 0 fully saturated rings. The molecule has 4 heterocycles. The first kappa shape index (κ1) is 29.5. The largest absolute Gasteiger partial charge is 2.00 e. The van der Waals surface area contributed by atoms with E-state index in [1.807, 2.05) is 12.3 Å². The molecule has 0 saturated carbocycles. The molecule has 0 unspecified atom stereocenters. The summed E-state index contributed by atoms with van der Waals surface area (Å²) in [6.07, 6.45) is 1.87.